The highest BCUT2D eigenvalue weighted by molar-refractivity contribution is 7.51. The van der Waals surface area contributed by atoms with Gasteiger partial charge in [-0.2, -0.15) is 0 Å². The molecule has 0 unspecified atom stereocenters. The van der Waals surface area contributed by atoms with Gasteiger partial charge >= 0.3 is 7.60 Å². The molecule has 1 spiro atoms. The molecule has 0 amide bonds. The van der Waals surface area contributed by atoms with Crippen molar-refractivity contribution in [2.24, 2.45) is 5.41 Å². The normalized spacial score (nSPS) is 25.5. The molecule has 0 bridgehead atoms. The second kappa shape index (κ2) is 4.85. The number of aromatic nitrogens is 4. The minimum atomic E-state index is -4.18. The third-order valence-corrected chi connectivity index (χ3v) is 5.05. The summed E-state index contributed by atoms with van der Waals surface area (Å²) in [6.07, 6.45) is 7.85. The molecule has 0 radical (unpaired) electrons. The zero-order valence-corrected chi connectivity index (χ0v) is 13.0. The number of ether oxygens (including phenoxy) is 1. The average Bonchev–Trinajstić information content (AvgIpc) is 3.01. The molecule has 122 valence electrons. The molecule has 0 aliphatic heterocycles. The van der Waals surface area contributed by atoms with Gasteiger partial charge in [-0.05, 0) is 12.8 Å². The van der Waals surface area contributed by atoms with Crippen molar-refractivity contribution in [3.05, 3.63) is 24.8 Å². The van der Waals surface area contributed by atoms with Crippen molar-refractivity contribution in [1.82, 2.24) is 19.5 Å². The molecule has 0 aromatic carbocycles. The van der Waals surface area contributed by atoms with Crippen molar-refractivity contribution in [2.75, 3.05) is 12.1 Å². The van der Waals surface area contributed by atoms with E-state index >= 15 is 0 Å². The van der Waals surface area contributed by atoms with Gasteiger partial charge in [0.25, 0.3) is 0 Å². The summed E-state index contributed by atoms with van der Waals surface area (Å²) in [5, 5.41) is 0. The molecule has 2 aliphatic carbocycles. The van der Waals surface area contributed by atoms with Crippen LogP contribution in [0.25, 0.3) is 11.2 Å². The van der Waals surface area contributed by atoms with Crippen LogP contribution in [0.4, 0.5) is 5.82 Å². The summed E-state index contributed by atoms with van der Waals surface area (Å²) >= 11 is 0. The van der Waals surface area contributed by atoms with E-state index in [1.807, 2.05) is 16.7 Å². The van der Waals surface area contributed by atoms with E-state index in [9.17, 15) is 4.57 Å². The van der Waals surface area contributed by atoms with Crippen molar-refractivity contribution < 1.29 is 19.1 Å². The average molecular weight is 337 g/mol. The van der Waals surface area contributed by atoms with Gasteiger partial charge in [0.05, 0.1) is 18.5 Å². The van der Waals surface area contributed by atoms with Crippen molar-refractivity contribution in [3.8, 4) is 0 Å². The van der Waals surface area contributed by atoms with Crippen molar-refractivity contribution in [2.45, 2.75) is 25.0 Å². The summed E-state index contributed by atoms with van der Waals surface area (Å²) in [4.78, 5) is 30.5. The Hall–Kier alpha value is -1.80. The third kappa shape index (κ3) is 2.36. The number of imidazole rings is 1. The summed E-state index contributed by atoms with van der Waals surface area (Å²) in [6, 6.07) is -0.0245. The lowest BCUT2D eigenvalue weighted by Gasteiger charge is -2.26. The molecular weight excluding hydrogens is 321 g/mol. The number of allylic oxidation sites excluding steroid dienone is 1. The van der Waals surface area contributed by atoms with Crippen molar-refractivity contribution >= 4 is 24.6 Å². The quantitative estimate of drug-likeness (QED) is 0.551. The summed E-state index contributed by atoms with van der Waals surface area (Å²) in [6.45, 7) is 0. The van der Waals surface area contributed by atoms with Gasteiger partial charge in [-0.25, -0.2) is 15.0 Å². The smallest absolute Gasteiger partial charge is 0.351 e. The summed E-state index contributed by atoms with van der Waals surface area (Å²) < 4.78 is 18.4. The van der Waals surface area contributed by atoms with E-state index in [0.717, 1.165) is 12.8 Å². The molecule has 9 nitrogen and oxygen atoms in total. The van der Waals surface area contributed by atoms with Gasteiger partial charge < -0.3 is 24.8 Å². The maximum atomic E-state index is 11.0. The van der Waals surface area contributed by atoms with E-state index in [4.69, 9.17) is 20.3 Å². The Labute approximate surface area is 131 Å². The molecule has 23 heavy (non-hydrogen) atoms. The van der Waals surface area contributed by atoms with E-state index in [-0.39, 0.29) is 17.6 Å². The first-order valence-electron chi connectivity index (χ1n) is 7.18. The lowest BCUT2D eigenvalue weighted by Crippen LogP contribution is -2.27. The minimum Gasteiger partial charge on any atom is -0.382 e. The molecule has 2 aromatic rings. The predicted octanol–water partition coefficient (Wildman–Crippen LogP) is 0.820. The number of hydrogen-bond acceptors (Lipinski definition) is 6. The van der Waals surface area contributed by atoms with Crippen LogP contribution < -0.4 is 5.73 Å². The Morgan fingerprint density at radius 1 is 1.35 bits per heavy atom. The molecule has 2 atom stereocenters. The molecule has 0 saturated heterocycles. The number of nitrogens with two attached hydrogens (primary N) is 1. The van der Waals surface area contributed by atoms with E-state index in [0.29, 0.717) is 17.0 Å². The van der Waals surface area contributed by atoms with Crippen LogP contribution in [0.3, 0.4) is 0 Å². The van der Waals surface area contributed by atoms with Gasteiger partial charge in [0.1, 0.15) is 18.2 Å². The fourth-order valence-corrected chi connectivity index (χ4v) is 3.68. The highest BCUT2D eigenvalue weighted by atomic mass is 31.2. The van der Waals surface area contributed by atoms with E-state index in [1.54, 1.807) is 6.33 Å². The number of rotatable bonds is 4. The highest BCUT2D eigenvalue weighted by Crippen LogP contribution is 2.62. The monoisotopic (exact) mass is 337 g/mol. The topological polar surface area (TPSA) is 136 Å². The Morgan fingerprint density at radius 3 is 2.83 bits per heavy atom. The predicted molar refractivity (Wildman–Crippen MR) is 81.4 cm³/mol. The fraction of sp³-hybridized carbons (Fsp3) is 0.462. The van der Waals surface area contributed by atoms with Crippen LogP contribution in [-0.2, 0) is 9.30 Å². The van der Waals surface area contributed by atoms with Gasteiger partial charge in [-0.3, -0.25) is 4.57 Å². The fourth-order valence-electron chi connectivity index (χ4n) is 3.32. The SMILES string of the molecule is Nc1ncnc2c1ncn2[C@H]1C=C[C@@H](OCP(=O)(O)O)C12CC2. The molecule has 10 heteroatoms. The van der Waals surface area contributed by atoms with E-state index < -0.39 is 13.9 Å². The molecule has 2 aliphatic rings. The zero-order valence-electron chi connectivity index (χ0n) is 12.1. The lowest BCUT2D eigenvalue weighted by atomic mass is 9.96. The van der Waals surface area contributed by atoms with Gasteiger partial charge in [0, 0.05) is 5.41 Å². The van der Waals surface area contributed by atoms with Crippen molar-refractivity contribution in [1.29, 1.82) is 0 Å². The lowest BCUT2D eigenvalue weighted by molar-refractivity contribution is 0.0502. The summed E-state index contributed by atoms with van der Waals surface area (Å²) in [5.41, 5.74) is 6.83. The van der Waals surface area contributed by atoms with Gasteiger partial charge in [-0.1, -0.05) is 12.2 Å². The minimum absolute atomic E-state index is 0.0245. The van der Waals surface area contributed by atoms with Crippen LogP contribution in [-0.4, -0.2) is 41.8 Å². The Kier molecular flexibility index (Phi) is 3.11. The third-order valence-electron chi connectivity index (χ3n) is 4.56. The van der Waals surface area contributed by atoms with Gasteiger partial charge in [0.15, 0.2) is 11.5 Å². The zero-order chi connectivity index (χ0) is 16.2. The van der Waals surface area contributed by atoms with Crippen LogP contribution >= 0.6 is 7.60 Å². The maximum Gasteiger partial charge on any atom is 0.351 e. The molecule has 2 aromatic heterocycles. The molecule has 1 fully saturated rings. The van der Waals surface area contributed by atoms with Crippen LogP contribution in [0.15, 0.2) is 24.8 Å². The van der Waals surface area contributed by atoms with Crippen LogP contribution in [0.1, 0.15) is 18.9 Å². The first-order chi connectivity index (χ1) is 10.9. The number of hydrogen-bond donors (Lipinski definition) is 3. The van der Waals surface area contributed by atoms with E-state index in [1.165, 1.54) is 6.33 Å². The summed E-state index contributed by atoms with van der Waals surface area (Å²) in [5.74, 6) is 0.329. The second-order valence-electron chi connectivity index (χ2n) is 6.03. The summed E-state index contributed by atoms with van der Waals surface area (Å²) in [7, 11) is -4.18. The Balaban J connectivity index is 1.65. The van der Waals surface area contributed by atoms with Gasteiger partial charge in [-0.15, -0.1) is 0 Å². The van der Waals surface area contributed by atoms with E-state index in [2.05, 4.69) is 15.0 Å². The van der Waals surface area contributed by atoms with Crippen molar-refractivity contribution in [3.63, 3.8) is 0 Å². The maximum absolute atomic E-state index is 11.0. The first kappa shape index (κ1) is 14.8. The molecule has 4 N–H and O–H groups in total. The number of nitrogens with zero attached hydrogens (tertiary/aromatic N) is 4. The van der Waals surface area contributed by atoms with Gasteiger partial charge in [0.2, 0.25) is 0 Å². The Bertz CT molecular complexity index is 840. The number of anilines is 1. The molecule has 2 heterocycles. The van der Waals surface area contributed by atoms with Crippen LogP contribution in [0.5, 0.6) is 0 Å². The number of nitrogen functional groups attached to an aromatic ring is 1. The second-order valence-corrected chi connectivity index (χ2v) is 7.61. The highest BCUT2D eigenvalue weighted by Gasteiger charge is 2.58. The number of fused-ring (bicyclic) bond motifs is 1. The Morgan fingerprint density at radius 2 is 2.13 bits per heavy atom. The molecule has 4 rings (SSSR count). The largest absolute Gasteiger partial charge is 0.382 e. The van der Waals surface area contributed by atoms with Crippen LogP contribution in [0, 0.1) is 5.41 Å². The van der Waals surface area contributed by atoms with Crippen LogP contribution in [0.2, 0.25) is 0 Å². The first-order valence-corrected chi connectivity index (χ1v) is 8.98. The molecular formula is C13H16N5O4P. The standard InChI is InChI=1S/C13H16N5O4P/c14-11-10-12(16-5-15-11)18(6-17-10)8-1-2-9(13(8)3-4-13)22-7-23(19,20)21/h1-2,5-6,8-9H,3-4,7H2,(H2,14,15,16)(H2,19,20,21)/t8-,9+/m0/s1. The molecule has 1 saturated carbocycles.